The van der Waals surface area contributed by atoms with Crippen molar-refractivity contribution in [1.82, 2.24) is 20.0 Å². The molecule has 0 unspecified atom stereocenters. The predicted octanol–water partition coefficient (Wildman–Crippen LogP) is 2.35. The third-order valence-corrected chi connectivity index (χ3v) is 3.60. The lowest BCUT2D eigenvalue weighted by atomic mass is 9.93. The first-order valence-corrected chi connectivity index (χ1v) is 7.58. The average Bonchev–Trinajstić information content (AvgIpc) is 3.02. The van der Waals surface area contributed by atoms with E-state index in [1.165, 1.54) is 0 Å². The molecule has 0 saturated heterocycles. The van der Waals surface area contributed by atoms with Gasteiger partial charge in [0.25, 0.3) is 0 Å². The van der Waals surface area contributed by atoms with E-state index in [1.807, 2.05) is 26.0 Å². The van der Waals surface area contributed by atoms with E-state index in [2.05, 4.69) is 15.1 Å². The molecule has 25 heavy (non-hydrogen) atoms. The Morgan fingerprint density at radius 2 is 1.92 bits per heavy atom. The Morgan fingerprint density at radius 3 is 2.52 bits per heavy atom. The van der Waals surface area contributed by atoms with E-state index in [9.17, 15) is 4.79 Å². The predicted molar refractivity (Wildman–Crippen MR) is 101 cm³/mol. The van der Waals surface area contributed by atoms with Crippen molar-refractivity contribution in [1.29, 1.82) is 0 Å². The molecule has 9 heteroatoms. The SMILES string of the molecule is CN(CC(C)(C)CN)C(=O)CCc1nc(-c2ccncc2)no1.Cl.Cl. The van der Waals surface area contributed by atoms with Crippen molar-refractivity contribution in [3.8, 4) is 11.4 Å². The Balaban J connectivity index is 0.00000288. The molecule has 2 heterocycles. The van der Waals surface area contributed by atoms with Gasteiger partial charge in [-0.3, -0.25) is 9.78 Å². The van der Waals surface area contributed by atoms with Gasteiger partial charge in [-0.2, -0.15) is 4.98 Å². The zero-order chi connectivity index (χ0) is 16.9. The number of carbonyl (C=O) groups excluding carboxylic acids is 1. The zero-order valence-corrected chi connectivity index (χ0v) is 16.3. The van der Waals surface area contributed by atoms with Crippen LogP contribution in [0.25, 0.3) is 11.4 Å². The van der Waals surface area contributed by atoms with Gasteiger partial charge in [-0.1, -0.05) is 19.0 Å². The molecule has 0 aliphatic heterocycles. The van der Waals surface area contributed by atoms with Gasteiger partial charge in [0.15, 0.2) is 0 Å². The number of hydrogen-bond donors (Lipinski definition) is 1. The van der Waals surface area contributed by atoms with Crippen molar-refractivity contribution in [2.75, 3.05) is 20.1 Å². The summed E-state index contributed by atoms with van der Waals surface area (Å²) in [5.74, 6) is 0.999. The smallest absolute Gasteiger partial charge is 0.227 e. The molecule has 0 spiro atoms. The van der Waals surface area contributed by atoms with E-state index >= 15 is 0 Å². The van der Waals surface area contributed by atoms with Crippen LogP contribution >= 0.6 is 24.8 Å². The number of nitrogens with zero attached hydrogens (tertiary/aromatic N) is 4. The van der Waals surface area contributed by atoms with Crippen LogP contribution in [0.1, 0.15) is 26.2 Å². The topological polar surface area (TPSA) is 98.1 Å². The average molecular weight is 390 g/mol. The summed E-state index contributed by atoms with van der Waals surface area (Å²) in [4.78, 5) is 22.1. The van der Waals surface area contributed by atoms with Gasteiger partial charge in [-0.15, -0.1) is 24.8 Å². The number of halogens is 2. The molecule has 0 aliphatic carbocycles. The summed E-state index contributed by atoms with van der Waals surface area (Å²) in [6.07, 6.45) is 4.09. The second-order valence-electron chi connectivity index (χ2n) is 6.37. The number of aryl methyl sites for hydroxylation is 1. The van der Waals surface area contributed by atoms with Crippen LogP contribution in [0.15, 0.2) is 29.0 Å². The molecule has 0 bridgehead atoms. The quantitative estimate of drug-likeness (QED) is 0.779. The summed E-state index contributed by atoms with van der Waals surface area (Å²) in [7, 11) is 1.79. The molecule has 1 amide bonds. The molecule has 2 N–H and O–H groups in total. The first-order chi connectivity index (χ1) is 10.9. The summed E-state index contributed by atoms with van der Waals surface area (Å²) < 4.78 is 5.20. The van der Waals surface area contributed by atoms with Crippen molar-refractivity contribution < 1.29 is 9.32 Å². The lowest BCUT2D eigenvalue weighted by Gasteiger charge is -2.29. The van der Waals surface area contributed by atoms with Gasteiger partial charge in [0, 0.05) is 44.4 Å². The third-order valence-electron chi connectivity index (χ3n) is 3.60. The molecule has 0 radical (unpaired) electrons. The number of rotatable bonds is 7. The van der Waals surface area contributed by atoms with Crippen LogP contribution in [-0.4, -0.2) is 46.1 Å². The Hall–Kier alpha value is -1.70. The molecule has 0 fully saturated rings. The number of nitrogens with two attached hydrogens (primary N) is 1. The van der Waals surface area contributed by atoms with E-state index in [0.29, 0.717) is 37.6 Å². The van der Waals surface area contributed by atoms with Crippen molar-refractivity contribution in [3.63, 3.8) is 0 Å². The molecular weight excluding hydrogens is 365 g/mol. The molecule has 140 valence electrons. The van der Waals surface area contributed by atoms with Crippen LogP contribution in [0.4, 0.5) is 0 Å². The fourth-order valence-corrected chi connectivity index (χ4v) is 2.17. The molecule has 0 atom stereocenters. The number of amides is 1. The van der Waals surface area contributed by atoms with Crippen LogP contribution in [0, 0.1) is 5.41 Å². The Morgan fingerprint density at radius 1 is 1.28 bits per heavy atom. The summed E-state index contributed by atoms with van der Waals surface area (Å²) >= 11 is 0. The molecule has 2 rings (SSSR count). The monoisotopic (exact) mass is 389 g/mol. The van der Waals surface area contributed by atoms with Gasteiger partial charge in [-0.05, 0) is 24.1 Å². The highest BCUT2D eigenvalue weighted by Crippen LogP contribution is 2.16. The van der Waals surface area contributed by atoms with Crippen LogP contribution in [0.2, 0.25) is 0 Å². The van der Waals surface area contributed by atoms with Gasteiger partial charge in [0.2, 0.25) is 17.6 Å². The molecule has 0 aliphatic rings. The van der Waals surface area contributed by atoms with Gasteiger partial charge < -0.3 is 15.2 Å². The fraction of sp³-hybridized carbons (Fsp3) is 0.500. The summed E-state index contributed by atoms with van der Waals surface area (Å²) in [5.41, 5.74) is 6.44. The van der Waals surface area contributed by atoms with Crippen molar-refractivity contribution in [2.24, 2.45) is 11.1 Å². The number of carbonyl (C=O) groups is 1. The number of pyridine rings is 1. The van der Waals surface area contributed by atoms with E-state index in [0.717, 1.165) is 5.56 Å². The Labute approximate surface area is 160 Å². The Bertz CT molecular complexity index is 649. The summed E-state index contributed by atoms with van der Waals surface area (Å²) in [5, 5.41) is 3.93. The maximum atomic E-state index is 12.2. The molecule has 7 nitrogen and oxygen atoms in total. The van der Waals surface area contributed by atoms with E-state index in [-0.39, 0.29) is 36.1 Å². The fourth-order valence-electron chi connectivity index (χ4n) is 2.17. The normalized spacial score (nSPS) is 10.6. The minimum Gasteiger partial charge on any atom is -0.345 e. The van der Waals surface area contributed by atoms with Crippen LogP contribution in [0.3, 0.4) is 0 Å². The molecule has 2 aromatic heterocycles. The third kappa shape index (κ3) is 6.97. The van der Waals surface area contributed by atoms with Gasteiger partial charge in [0.1, 0.15) is 0 Å². The van der Waals surface area contributed by atoms with Crippen molar-refractivity contribution in [3.05, 3.63) is 30.4 Å². The Kier molecular flexibility index (Phi) is 9.62. The van der Waals surface area contributed by atoms with Gasteiger partial charge >= 0.3 is 0 Å². The zero-order valence-electron chi connectivity index (χ0n) is 14.6. The second-order valence-corrected chi connectivity index (χ2v) is 6.37. The number of hydrogen-bond acceptors (Lipinski definition) is 6. The lowest BCUT2D eigenvalue weighted by molar-refractivity contribution is -0.131. The van der Waals surface area contributed by atoms with E-state index in [1.54, 1.807) is 24.3 Å². The van der Waals surface area contributed by atoms with Crippen molar-refractivity contribution >= 4 is 30.7 Å². The second kappa shape index (κ2) is 10.3. The van der Waals surface area contributed by atoms with Crippen LogP contribution < -0.4 is 5.73 Å². The standard InChI is InChI=1S/C16H23N5O2.2ClH/c1-16(2,10-17)11-21(3)14(22)5-4-13-19-15(20-23-13)12-6-8-18-9-7-12;;/h6-9H,4-5,10-11,17H2,1-3H3;2*1H. The van der Waals surface area contributed by atoms with E-state index in [4.69, 9.17) is 10.3 Å². The minimum atomic E-state index is -0.0938. The summed E-state index contributed by atoms with van der Waals surface area (Å²) in [6.45, 7) is 5.23. The highest BCUT2D eigenvalue weighted by atomic mass is 35.5. The molecular formula is C16H25Cl2N5O2. The minimum absolute atomic E-state index is 0. The molecule has 2 aromatic rings. The highest BCUT2D eigenvalue weighted by Gasteiger charge is 2.21. The maximum Gasteiger partial charge on any atom is 0.227 e. The van der Waals surface area contributed by atoms with E-state index < -0.39 is 0 Å². The highest BCUT2D eigenvalue weighted by molar-refractivity contribution is 5.85. The largest absolute Gasteiger partial charge is 0.345 e. The number of aromatic nitrogens is 3. The molecule has 0 saturated carbocycles. The lowest BCUT2D eigenvalue weighted by Crippen LogP contribution is -2.39. The van der Waals surface area contributed by atoms with Crippen LogP contribution in [-0.2, 0) is 11.2 Å². The van der Waals surface area contributed by atoms with Gasteiger partial charge in [-0.25, -0.2) is 0 Å². The van der Waals surface area contributed by atoms with Gasteiger partial charge in [0.05, 0.1) is 0 Å². The summed E-state index contributed by atoms with van der Waals surface area (Å²) in [6, 6.07) is 3.62. The first-order valence-electron chi connectivity index (χ1n) is 7.58. The van der Waals surface area contributed by atoms with Crippen LogP contribution in [0.5, 0.6) is 0 Å². The first kappa shape index (κ1) is 23.3. The molecule has 0 aromatic carbocycles. The maximum absolute atomic E-state index is 12.2. The van der Waals surface area contributed by atoms with Crippen molar-refractivity contribution in [2.45, 2.75) is 26.7 Å².